The molecule has 0 radical (unpaired) electrons. The third-order valence-corrected chi connectivity index (χ3v) is 4.88. The van der Waals surface area contributed by atoms with Crippen LogP contribution in [0, 0.1) is 11.6 Å². The van der Waals surface area contributed by atoms with Gasteiger partial charge in [0, 0.05) is 6.07 Å². The Morgan fingerprint density at radius 3 is 2.55 bits per heavy atom. The summed E-state index contributed by atoms with van der Waals surface area (Å²) in [6, 6.07) is 10.6. The van der Waals surface area contributed by atoms with Gasteiger partial charge in [0.1, 0.15) is 29.9 Å². The molecule has 0 fully saturated rings. The highest BCUT2D eigenvalue weighted by Gasteiger charge is 2.14. The zero-order chi connectivity index (χ0) is 22.1. The smallest absolute Gasteiger partial charge is 0.264 e. The van der Waals surface area contributed by atoms with Crippen LogP contribution in [0.15, 0.2) is 59.8 Å². The second-order valence-electron chi connectivity index (χ2n) is 7.39. The van der Waals surface area contributed by atoms with Crippen LogP contribution >= 0.6 is 0 Å². The highest BCUT2D eigenvalue weighted by Crippen LogP contribution is 2.19. The van der Waals surface area contributed by atoms with E-state index in [1.165, 1.54) is 18.1 Å². The van der Waals surface area contributed by atoms with Crippen molar-refractivity contribution in [3.63, 3.8) is 0 Å². The topological polar surface area (TPSA) is 81.8 Å². The van der Waals surface area contributed by atoms with Crippen LogP contribution in [-0.4, -0.2) is 25.2 Å². The van der Waals surface area contributed by atoms with Gasteiger partial charge in [-0.3, -0.25) is 14.2 Å². The summed E-state index contributed by atoms with van der Waals surface area (Å²) in [4.78, 5) is 29.3. The van der Waals surface area contributed by atoms with Crippen molar-refractivity contribution in [1.29, 1.82) is 0 Å². The standard InChI is InChI=1S/C22H19F2N5O2/c1-13(2)14-3-6-16(7-4-14)29-21-17(10-26-29)22(31)28(12-25-21)11-20(30)27-19-8-5-15(23)9-18(19)24/h3-10,12-13H,11H2,1-2H3,(H,27,30). The van der Waals surface area contributed by atoms with Gasteiger partial charge in [-0.25, -0.2) is 18.4 Å². The van der Waals surface area contributed by atoms with E-state index >= 15 is 0 Å². The van der Waals surface area contributed by atoms with Gasteiger partial charge in [-0.1, -0.05) is 26.0 Å². The fraction of sp³-hybridized carbons (Fsp3) is 0.182. The lowest BCUT2D eigenvalue weighted by atomic mass is 10.0. The van der Waals surface area contributed by atoms with Crippen LogP contribution in [0.4, 0.5) is 14.5 Å². The molecule has 158 valence electrons. The first-order valence-electron chi connectivity index (χ1n) is 9.62. The summed E-state index contributed by atoms with van der Waals surface area (Å²) in [5, 5.41) is 6.83. The summed E-state index contributed by atoms with van der Waals surface area (Å²) in [6.45, 7) is 3.82. The maximum Gasteiger partial charge on any atom is 0.264 e. The second kappa shape index (κ2) is 8.10. The van der Waals surface area contributed by atoms with E-state index in [1.54, 1.807) is 4.68 Å². The van der Waals surface area contributed by atoms with Crippen molar-refractivity contribution in [2.24, 2.45) is 0 Å². The maximum atomic E-state index is 13.7. The van der Waals surface area contributed by atoms with Crippen LogP contribution in [0.3, 0.4) is 0 Å². The van der Waals surface area contributed by atoms with Gasteiger partial charge >= 0.3 is 0 Å². The highest BCUT2D eigenvalue weighted by atomic mass is 19.1. The number of nitrogens with zero attached hydrogens (tertiary/aromatic N) is 4. The Morgan fingerprint density at radius 2 is 1.87 bits per heavy atom. The molecule has 1 amide bonds. The van der Waals surface area contributed by atoms with Gasteiger partial charge in [0.25, 0.3) is 5.56 Å². The molecule has 0 aliphatic heterocycles. The number of carbonyl (C=O) groups excluding carboxylic acids is 1. The number of nitrogens with one attached hydrogen (secondary N) is 1. The highest BCUT2D eigenvalue weighted by molar-refractivity contribution is 5.90. The monoisotopic (exact) mass is 423 g/mol. The van der Waals surface area contributed by atoms with Crippen LogP contribution in [0.25, 0.3) is 16.7 Å². The van der Waals surface area contributed by atoms with Gasteiger partial charge in [0.05, 0.1) is 17.6 Å². The van der Waals surface area contributed by atoms with Crippen molar-refractivity contribution in [2.45, 2.75) is 26.3 Å². The molecule has 0 aliphatic carbocycles. The third kappa shape index (κ3) is 4.07. The van der Waals surface area contributed by atoms with E-state index in [2.05, 4.69) is 29.2 Å². The number of rotatable bonds is 5. The van der Waals surface area contributed by atoms with E-state index in [1.807, 2.05) is 24.3 Å². The number of fused-ring (bicyclic) bond motifs is 1. The van der Waals surface area contributed by atoms with Crippen molar-refractivity contribution in [3.05, 3.63) is 82.5 Å². The predicted octanol–water partition coefficient (Wildman–Crippen LogP) is 3.62. The second-order valence-corrected chi connectivity index (χ2v) is 7.39. The van der Waals surface area contributed by atoms with Gasteiger partial charge < -0.3 is 5.32 Å². The molecule has 7 nitrogen and oxygen atoms in total. The lowest BCUT2D eigenvalue weighted by Crippen LogP contribution is -2.28. The average molecular weight is 423 g/mol. The van der Waals surface area contributed by atoms with Gasteiger partial charge in [-0.15, -0.1) is 0 Å². The van der Waals surface area contributed by atoms with Crippen LogP contribution in [0.1, 0.15) is 25.3 Å². The van der Waals surface area contributed by atoms with Crippen molar-refractivity contribution in [1.82, 2.24) is 19.3 Å². The summed E-state index contributed by atoms with van der Waals surface area (Å²) in [5.74, 6) is -1.91. The maximum absolute atomic E-state index is 13.7. The number of amides is 1. The Labute approximate surface area is 176 Å². The number of carbonyl (C=O) groups is 1. The number of hydrogen-bond acceptors (Lipinski definition) is 4. The van der Waals surface area contributed by atoms with Gasteiger partial charge in [-0.2, -0.15) is 5.10 Å². The summed E-state index contributed by atoms with van der Waals surface area (Å²) >= 11 is 0. The molecule has 0 bridgehead atoms. The van der Waals surface area contributed by atoms with E-state index in [0.29, 0.717) is 17.6 Å². The Hall–Kier alpha value is -3.88. The van der Waals surface area contributed by atoms with Crippen LogP contribution in [0.2, 0.25) is 0 Å². The zero-order valence-corrected chi connectivity index (χ0v) is 16.8. The minimum absolute atomic E-state index is 0.175. The third-order valence-electron chi connectivity index (χ3n) is 4.88. The number of hydrogen-bond donors (Lipinski definition) is 1. The molecule has 0 saturated heterocycles. The van der Waals surface area contributed by atoms with Crippen LogP contribution < -0.4 is 10.9 Å². The number of benzene rings is 2. The molecule has 0 atom stereocenters. The molecule has 0 saturated carbocycles. The Morgan fingerprint density at radius 1 is 1.13 bits per heavy atom. The molecular weight excluding hydrogens is 404 g/mol. The Bertz CT molecular complexity index is 1330. The van der Waals surface area contributed by atoms with Crippen molar-refractivity contribution in [2.75, 3.05) is 5.32 Å². The Balaban J connectivity index is 1.59. The first kappa shape index (κ1) is 20.4. The molecular formula is C22H19F2N5O2. The minimum atomic E-state index is -0.904. The van der Waals surface area contributed by atoms with Gasteiger partial charge in [0.15, 0.2) is 5.65 Å². The van der Waals surface area contributed by atoms with Crippen molar-refractivity contribution < 1.29 is 13.6 Å². The lowest BCUT2D eigenvalue weighted by molar-refractivity contribution is -0.116. The quantitative estimate of drug-likeness (QED) is 0.532. The predicted molar refractivity (Wildman–Crippen MR) is 112 cm³/mol. The van der Waals surface area contributed by atoms with Crippen LogP contribution in [-0.2, 0) is 11.3 Å². The molecule has 9 heteroatoms. The van der Waals surface area contributed by atoms with Crippen molar-refractivity contribution in [3.8, 4) is 5.69 Å². The van der Waals surface area contributed by atoms with E-state index in [-0.39, 0.29) is 17.6 Å². The van der Waals surface area contributed by atoms with E-state index in [0.717, 1.165) is 22.4 Å². The number of aromatic nitrogens is 4. The number of anilines is 1. The molecule has 2 heterocycles. The molecule has 0 aliphatic rings. The van der Waals surface area contributed by atoms with E-state index in [9.17, 15) is 18.4 Å². The summed E-state index contributed by atoms with van der Waals surface area (Å²) in [6.07, 6.45) is 2.64. The molecule has 4 aromatic rings. The van der Waals surface area contributed by atoms with E-state index in [4.69, 9.17) is 0 Å². The summed E-state index contributed by atoms with van der Waals surface area (Å²) < 4.78 is 29.4. The largest absolute Gasteiger partial charge is 0.322 e. The normalized spacial score (nSPS) is 11.3. The van der Waals surface area contributed by atoms with Gasteiger partial charge in [-0.05, 0) is 35.7 Å². The fourth-order valence-corrected chi connectivity index (χ4v) is 3.19. The first-order valence-corrected chi connectivity index (χ1v) is 9.62. The van der Waals surface area contributed by atoms with Crippen molar-refractivity contribution >= 4 is 22.6 Å². The summed E-state index contributed by atoms with van der Waals surface area (Å²) in [5.41, 5.74) is 1.67. The SMILES string of the molecule is CC(C)c1ccc(-n2ncc3c(=O)n(CC(=O)Nc4ccc(F)cc4F)cnc32)cc1. The van der Waals surface area contributed by atoms with E-state index < -0.39 is 23.1 Å². The number of halogens is 2. The minimum Gasteiger partial charge on any atom is -0.322 e. The molecule has 2 aromatic carbocycles. The average Bonchev–Trinajstić information content (AvgIpc) is 3.17. The fourth-order valence-electron chi connectivity index (χ4n) is 3.19. The van der Waals surface area contributed by atoms with Gasteiger partial charge in [0.2, 0.25) is 5.91 Å². The van der Waals surface area contributed by atoms with Crippen LogP contribution in [0.5, 0.6) is 0 Å². The molecule has 0 unspecified atom stereocenters. The molecule has 2 aromatic heterocycles. The Kier molecular flexibility index (Phi) is 5.33. The lowest BCUT2D eigenvalue weighted by Gasteiger charge is -2.09. The molecule has 1 N–H and O–H groups in total. The first-order chi connectivity index (χ1) is 14.8. The molecule has 31 heavy (non-hydrogen) atoms. The molecule has 4 rings (SSSR count). The molecule has 0 spiro atoms. The summed E-state index contributed by atoms with van der Waals surface area (Å²) in [7, 11) is 0. The zero-order valence-electron chi connectivity index (χ0n) is 16.8.